The summed E-state index contributed by atoms with van der Waals surface area (Å²) in [6, 6.07) is 21.7. The van der Waals surface area contributed by atoms with Crippen LogP contribution < -0.4 is 20.2 Å². The lowest BCUT2D eigenvalue weighted by atomic mass is 10.1. The number of nitrogens with zero attached hydrogens (tertiary/aromatic N) is 8. The largest absolute Gasteiger partial charge is 0.491 e. The number of piperazine rings is 1. The molecule has 4 heterocycles. The molecule has 3 unspecified atom stereocenters. The first-order valence-corrected chi connectivity index (χ1v) is 17.6. The second-order valence-electron chi connectivity index (χ2n) is 12.7. The minimum atomic E-state index is -1.13. The summed E-state index contributed by atoms with van der Waals surface area (Å²) in [6.07, 6.45) is 5.36. The Kier molecular flexibility index (Phi) is 10.1. The van der Waals surface area contributed by atoms with Gasteiger partial charge in [0.05, 0.1) is 36.2 Å². The van der Waals surface area contributed by atoms with Gasteiger partial charge in [0.1, 0.15) is 37.8 Å². The van der Waals surface area contributed by atoms with Crippen molar-refractivity contribution in [1.82, 2.24) is 19.2 Å². The number of anilines is 2. The number of halogens is 2. The Morgan fingerprint density at radius 1 is 0.960 bits per heavy atom. The molecule has 3 aliphatic rings. The van der Waals surface area contributed by atoms with E-state index in [4.69, 9.17) is 37.4 Å². The smallest absolute Gasteiger partial charge is 0.350 e. The molecule has 0 aliphatic carbocycles. The molecule has 2 fully saturated rings. The monoisotopic (exact) mass is 718 g/mol. The number of hydrogen-bond donors (Lipinski definition) is 0. The van der Waals surface area contributed by atoms with Gasteiger partial charge in [-0.3, -0.25) is 4.99 Å². The second kappa shape index (κ2) is 14.9. The molecule has 3 atom stereocenters. The number of aromatic nitrogens is 3. The Morgan fingerprint density at radius 2 is 1.64 bits per heavy atom. The lowest BCUT2D eigenvalue weighted by Crippen LogP contribution is -2.46. The van der Waals surface area contributed by atoms with Crippen LogP contribution in [0.15, 0.2) is 87.8 Å². The Morgan fingerprint density at radius 3 is 2.28 bits per heavy atom. The molecule has 0 bridgehead atoms. The molecule has 0 spiro atoms. The van der Waals surface area contributed by atoms with Crippen molar-refractivity contribution in [3.63, 3.8) is 0 Å². The molecule has 3 aromatic carbocycles. The van der Waals surface area contributed by atoms with Crippen LogP contribution >= 0.6 is 23.2 Å². The Balaban J connectivity index is 0.923. The maximum atomic E-state index is 12.8. The van der Waals surface area contributed by atoms with Crippen LogP contribution in [0.5, 0.6) is 5.75 Å². The molecule has 7 rings (SSSR count). The summed E-state index contributed by atoms with van der Waals surface area (Å²) in [5.74, 6) is -0.372. The van der Waals surface area contributed by atoms with Gasteiger partial charge in [0.15, 0.2) is 0 Å². The molecule has 14 heteroatoms. The number of hydrogen-bond acceptors (Lipinski definition) is 10. The maximum absolute atomic E-state index is 12.8. The first-order valence-electron chi connectivity index (χ1n) is 16.8. The minimum absolute atomic E-state index is 0.0645. The van der Waals surface area contributed by atoms with Gasteiger partial charge >= 0.3 is 5.69 Å². The summed E-state index contributed by atoms with van der Waals surface area (Å²) in [7, 11) is 0. The third kappa shape index (κ3) is 7.25. The van der Waals surface area contributed by atoms with Crippen LogP contribution in [0.3, 0.4) is 0 Å². The van der Waals surface area contributed by atoms with Crippen molar-refractivity contribution in [2.75, 3.05) is 62.4 Å². The highest BCUT2D eigenvalue weighted by Gasteiger charge is 2.46. The highest BCUT2D eigenvalue weighted by atomic mass is 35.5. The molecule has 4 aromatic rings. The Labute approximate surface area is 301 Å². The number of ether oxygens (including phenoxy) is 3. The molecular weight excluding hydrogens is 679 g/mol. The minimum Gasteiger partial charge on any atom is -0.491 e. The molecule has 1 aromatic heterocycles. The molecule has 12 nitrogen and oxygen atoms in total. The maximum Gasteiger partial charge on any atom is 0.350 e. The van der Waals surface area contributed by atoms with Crippen molar-refractivity contribution < 1.29 is 14.2 Å². The zero-order valence-corrected chi connectivity index (χ0v) is 29.6. The third-order valence-corrected chi connectivity index (χ3v) is 9.91. The molecule has 0 amide bonds. The van der Waals surface area contributed by atoms with Crippen LogP contribution in [0.4, 0.5) is 11.4 Å². The van der Waals surface area contributed by atoms with Gasteiger partial charge in [-0.1, -0.05) is 36.2 Å². The van der Waals surface area contributed by atoms with Crippen molar-refractivity contribution in [3.8, 4) is 11.4 Å². The van der Waals surface area contributed by atoms with E-state index < -0.39 is 5.79 Å². The summed E-state index contributed by atoms with van der Waals surface area (Å²) in [5.41, 5.74) is 3.67. The highest BCUT2D eigenvalue weighted by Crippen LogP contribution is 2.40. The van der Waals surface area contributed by atoms with Gasteiger partial charge in [-0.2, -0.15) is 5.10 Å². The summed E-state index contributed by atoms with van der Waals surface area (Å²) in [6.45, 7) is 9.03. The van der Waals surface area contributed by atoms with E-state index in [1.54, 1.807) is 34.0 Å². The van der Waals surface area contributed by atoms with Gasteiger partial charge in [-0.15, -0.1) is 0 Å². The predicted octanol–water partition coefficient (Wildman–Crippen LogP) is 5.62. The van der Waals surface area contributed by atoms with E-state index in [2.05, 4.69) is 49.1 Å². The summed E-state index contributed by atoms with van der Waals surface area (Å²) < 4.78 is 22.2. The van der Waals surface area contributed by atoms with Gasteiger partial charge in [-0.05, 0) is 74.0 Å². The van der Waals surface area contributed by atoms with Gasteiger partial charge in [-0.25, -0.2) is 19.0 Å². The molecule has 0 radical (unpaired) electrons. The van der Waals surface area contributed by atoms with Crippen molar-refractivity contribution in [2.24, 2.45) is 9.98 Å². The Bertz CT molecular complexity index is 1890. The van der Waals surface area contributed by atoms with E-state index in [1.807, 2.05) is 49.1 Å². The number of benzene rings is 3. The first kappa shape index (κ1) is 34.1. The zero-order valence-electron chi connectivity index (χ0n) is 28.1. The molecule has 50 heavy (non-hydrogen) atoms. The summed E-state index contributed by atoms with van der Waals surface area (Å²) >= 11 is 12.8. The SMILES string of the molecule is CCC(C)n1ncn(-c2ccc(N3CCN(c4ccc(OCC5COC(CN6C=NC=NC6)(c6ccc(Cl)cc6Cl)O5)cc4)CC3)cc2)c1=O. The summed E-state index contributed by atoms with van der Waals surface area (Å²) in [5, 5.41) is 5.30. The molecule has 0 saturated carbocycles. The predicted molar refractivity (Wildman–Crippen MR) is 197 cm³/mol. The van der Waals surface area contributed by atoms with Crippen LogP contribution in [0.1, 0.15) is 31.9 Å². The van der Waals surface area contributed by atoms with Gasteiger partial charge in [0, 0.05) is 48.1 Å². The van der Waals surface area contributed by atoms with E-state index in [1.165, 1.54) is 6.34 Å². The average molecular weight is 720 g/mol. The topological polar surface area (TPSA) is 102 Å². The lowest BCUT2D eigenvalue weighted by molar-refractivity contribution is -0.185. The van der Waals surface area contributed by atoms with Crippen LogP contribution in [-0.2, 0) is 15.3 Å². The zero-order chi connectivity index (χ0) is 34.7. The summed E-state index contributed by atoms with van der Waals surface area (Å²) in [4.78, 5) is 27.8. The molecule has 262 valence electrons. The molecule has 2 saturated heterocycles. The highest BCUT2D eigenvalue weighted by molar-refractivity contribution is 6.35. The van der Waals surface area contributed by atoms with Gasteiger partial charge < -0.3 is 28.9 Å². The van der Waals surface area contributed by atoms with Crippen LogP contribution in [0.2, 0.25) is 10.0 Å². The number of rotatable bonds is 11. The van der Waals surface area contributed by atoms with Gasteiger partial charge in [0.2, 0.25) is 5.79 Å². The van der Waals surface area contributed by atoms with E-state index in [0.717, 1.165) is 55.4 Å². The van der Waals surface area contributed by atoms with E-state index >= 15 is 0 Å². The van der Waals surface area contributed by atoms with Crippen molar-refractivity contribution in [3.05, 3.63) is 99.2 Å². The first-order chi connectivity index (χ1) is 24.3. The fourth-order valence-electron chi connectivity index (χ4n) is 6.42. The van der Waals surface area contributed by atoms with Crippen molar-refractivity contribution in [2.45, 2.75) is 38.2 Å². The molecule has 3 aliphatic heterocycles. The molecular formula is C36H40Cl2N8O4. The van der Waals surface area contributed by atoms with Crippen LogP contribution in [0, 0.1) is 0 Å². The van der Waals surface area contributed by atoms with Crippen molar-refractivity contribution in [1.29, 1.82) is 0 Å². The van der Waals surface area contributed by atoms with E-state index in [0.29, 0.717) is 42.0 Å². The standard InChI is InChI=1S/C36H40Cl2N8O4/c1-3-26(2)46-35(47)45(25-41-46)30-7-5-28(6-8-30)43-14-16-44(17-15-43)29-9-11-31(12-10-29)48-19-32-20-49-36(50-32,21-42-23-39-22-40-24-42)33-13-4-27(37)18-34(33)38/h4-13,18,22-23,25-26,32H,3,14-17,19-21,24H2,1-2H3. The van der Waals surface area contributed by atoms with Crippen LogP contribution in [0.25, 0.3) is 5.69 Å². The quantitative estimate of drug-likeness (QED) is 0.197. The van der Waals surface area contributed by atoms with E-state index in [-0.39, 0.29) is 17.8 Å². The number of aliphatic imine (C=N–C) groups is 2. The second-order valence-corrected chi connectivity index (χ2v) is 13.5. The van der Waals surface area contributed by atoms with Crippen molar-refractivity contribution >= 4 is 47.3 Å². The Hall–Kier alpha value is -4.36. The lowest BCUT2D eigenvalue weighted by Gasteiger charge is -2.37. The van der Waals surface area contributed by atoms with E-state index in [9.17, 15) is 4.79 Å². The average Bonchev–Trinajstić information content (AvgIpc) is 3.74. The van der Waals surface area contributed by atoms with Gasteiger partial charge in [0.25, 0.3) is 0 Å². The fourth-order valence-corrected chi connectivity index (χ4v) is 6.97. The normalized spacial score (nSPS) is 21.2. The third-order valence-electron chi connectivity index (χ3n) is 9.37. The van der Waals surface area contributed by atoms with Crippen LogP contribution in [-0.4, -0.2) is 90.6 Å². The molecule has 0 N–H and O–H groups in total. The fraction of sp³-hybridized carbons (Fsp3) is 0.389.